The van der Waals surface area contributed by atoms with Crippen LogP contribution in [-0.4, -0.2) is 83.4 Å². The summed E-state index contributed by atoms with van der Waals surface area (Å²) in [5.74, 6) is -3.23. The first-order chi connectivity index (χ1) is 20.5. The Morgan fingerprint density at radius 3 is 2.30 bits per heavy atom. The van der Waals surface area contributed by atoms with Gasteiger partial charge in [-0.1, -0.05) is 62.4 Å². The van der Waals surface area contributed by atoms with Gasteiger partial charge in [0.1, 0.15) is 18.1 Å². The fourth-order valence-corrected chi connectivity index (χ4v) is 5.83. The predicted molar refractivity (Wildman–Crippen MR) is 163 cm³/mol. The van der Waals surface area contributed by atoms with E-state index >= 15 is 0 Å². The number of thiophene rings is 1. The van der Waals surface area contributed by atoms with Gasteiger partial charge in [-0.3, -0.25) is 24.0 Å². The van der Waals surface area contributed by atoms with Gasteiger partial charge in [0.2, 0.25) is 23.6 Å². The molecule has 4 atom stereocenters. The lowest BCUT2D eigenvalue weighted by Gasteiger charge is -2.27. The van der Waals surface area contributed by atoms with E-state index in [0.29, 0.717) is 5.56 Å². The molecular formula is C31H37N5O6S. The average Bonchev–Trinajstić information content (AvgIpc) is 3.41. The summed E-state index contributed by atoms with van der Waals surface area (Å²) in [6.45, 7) is 4.46. The molecule has 0 aliphatic carbocycles. The topological polar surface area (TPSA) is 157 Å². The smallest absolute Gasteiger partial charge is 0.255 e. The number of carbonyl (C=O) groups is 5. The minimum Gasteiger partial charge on any atom is -0.391 e. The maximum Gasteiger partial charge on any atom is 0.255 e. The van der Waals surface area contributed by atoms with Crippen molar-refractivity contribution in [3.8, 4) is 0 Å². The first-order valence-electron chi connectivity index (χ1n) is 14.2. The zero-order chi connectivity index (χ0) is 31.1. The van der Waals surface area contributed by atoms with Crippen LogP contribution in [0.1, 0.15) is 36.7 Å². The number of aliphatic hydroxyl groups is 1. The number of hydrogen-bond acceptors (Lipinski definition) is 7. The van der Waals surface area contributed by atoms with Crippen molar-refractivity contribution in [3.05, 3.63) is 71.1 Å². The van der Waals surface area contributed by atoms with E-state index in [1.54, 1.807) is 43.5 Å². The summed E-state index contributed by atoms with van der Waals surface area (Å²) < 4.78 is 0.916. The molecule has 4 rings (SSSR count). The normalized spacial score (nSPS) is 21.7. The van der Waals surface area contributed by atoms with Crippen LogP contribution in [0.2, 0.25) is 0 Å². The number of nitrogens with zero attached hydrogens (tertiary/aromatic N) is 1. The molecule has 5 N–H and O–H groups in total. The van der Waals surface area contributed by atoms with Crippen molar-refractivity contribution in [1.82, 2.24) is 26.2 Å². The summed E-state index contributed by atoms with van der Waals surface area (Å²) in [7, 11) is 0. The van der Waals surface area contributed by atoms with Gasteiger partial charge in [-0.15, -0.1) is 11.3 Å². The molecule has 2 aromatic carbocycles. The second-order valence-electron chi connectivity index (χ2n) is 10.9. The lowest BCUT2D eigenvalue weighted by atomic mass is 10.0. The SMILES string of the molecule is CC(C)[C@H]1NC(=O)CN(C(=O)c2csc3ccccc23)CCNC(=O)[C@H]([C@@H](C)O)NC(=O)[C@H](Cc2ccccc2)NC1=O. The first-order valence-corrected chi connectivity index (χ1v) is 15.1. The third-order valence-electron chi connectivity index (χ3n) is 7.26. The Labute approximate surface area is 254 Å². The summed E-state index contributed by atoms with van der Waals surface area (Å²) in [5.41, 5.74) is 1.19. The Balaban J connectivity index is 1.65. The molecule has 1 aromatic heterocycles. The highest BCUT2D eigenvalue weighted by atomic mass is 32.1. The standard InChI is InChI=1S/C31H37N5O6S/c1-18(2)26-30(41)33-23(15-20-9-5-4-6-10-20)28(39)35-27(19(3)37)29(40)32-13-14-36(16-25(38)34-26)31(42)22-17-43-24-12-8-7-11-21(22)24/h4-12,17-19,23,26-27,37H,13-16H2,1-3H3,(H,32,40)(H,33,41)(H,34,38)(H,35,39)/t19-,23+,26-,27+/m1/s1. The van der Waals surface area contributed by atoms with Crippen LogP contribution in [0, 0.1) is 5.92 Å². The van der Waals surface area contributed by atoms with Gasteiger partial charge < -0.3 is 31.3 Å². The number of rotatable bonds is 5. The molecule has 1 aliphatic heterocycles. The molecule has 2 heterocycles. The Bertz CT molecular complexity index is 1470. The quantitative estimate of drug-likeness (QED) is 0.294. The summed E-state index contributed by atoms with van der Waals surface area (Å²) >= 11 is 1.41. The minimum atomic E-state index is -1.32. The number of nitrogens with one attached hydrogen (secondary N) is 4. The van der Waals surface area contributed by atoms with E-state index in [0.717, 1.165) is 15.6 Å². The van der Waals surface area contributed by atoms with Crippen molar-refractivity contribution < 1.29 is 29.1 Å². The van der Waals surface area contributed by atoms with E-state index in [4.69, 9.17) is 0 Å². The van der Waals surface area contributed by atoms with Crippen LogP contribution in [0.15, 0.2) is 60.0 Å². The largest absolute Gasteiger partial charge is 0.391 e. The summed E-state index contributed by atoms with van der Waals surface area (Å²) in [4.78, 5) is 68.3. The van der Waals surface area contributed by atoms with Crippen LogP contribution in [0.25, 0.3) is 10.1 Å². The van der Waals surface area contributed by atoms with Crippen molar-refractivity contribution in [2.24, 2.45) is 5.92 Å². The molecular weight excluding hydrogens is 570 g/mol. The van der Waals surface area contributed by atoms with Crippen molar-refractivity contribution in [1.29, 1.82) is 0 Å². The maximum atomic E-state index is 13.7. The van der Waals surface area contributed by atoms with Gasteiger partial charge in [0.05, 0.1) is 18.2 Å². The van der Waals surface area contributed by atoms with E-state index in [9.17, 15) is 29.1 Å². The molecule has 43 heavy (non-hydrogen) atoms. The van der Waals surface area contributed by atoms with Crippen molar-refractivity contribution in [2.75, 3.05) is 19.6 Å². The summed E-state index contributed by atoms with van der Waals surface area (Å²) in [6.07, 6.45) is -1.14. The fourth-order valence-electron chi connectivity index (χ4n) is 4.90. The van der Waals surface area contributed by atoms with Crippen LogP contribution >= 0.6 is 11.3 Å². The molecule has 0 spiro atoms. The monoisotopic (exact) mass is 607 g/mol. The van der Waals surface area contributed by atoms with Gasteiger partial charge in [0.15, 0.2) is 0 Å². The second-order valence-corrected chi connectivity index (χ2v) is 11.8. The van der Waals surface area contributed by atoms with Crippen LogP contribution in [0.4, 0.5) is 0 Å². The number of carbonyl (C=O) groups excluding carboxylic acids is 5. The number of aliphatic hydroxyl groups excluding tert-OH is 1. The zero-order valence-corrected chi connectivity index (χ0v) is 25.1. The molecule has 1 aliphatic rings. The molecule has 1 saturated heterocycles. The third kappa shape index (κ3) is 7.96. The number of hydrogen-bond donors (Lipinski definition) is 5. The minimum absolute atomic E-state index is 0.0299. The van der Waals surface area contributed by atoms with Gasteiger partial charge in [-0.25, -0.2) is 0 Å². The number of amides is 5. The lowest BCUT2D eigenvalue weighted by Crippen LogP contribution is -2.60. The Hall–Kier alpha value is -4.29. The molecule has 3 aromatic rings. The van der Waals surface area contributed by atoms with Crippen molar-refractivity contribution >= 4 is 51.0 Å². The van der Waals surface area contributed by atoms with E-state index in [1.165, 1.54) is 23.2 Å². The van der Waals surface area contributed by atoms with Gasteiger partial charge in [-0.05, 0) is 24.5 Å². The van der Waals surface area contributed by atoms with Crippen molar-refractivity contribution in [3.63, 3.8) is 0 Å². The molecule has 228 valence electrons. The van der Waals surface area contributed by atoms with Crippen molar-refractivity contribution in [2.45, 2.75) is 51.4 Å². The van der Waals surface area contributed by atoms with Crippen LogP contribution < -0.4 is 21.3 Å². The van der Waals surface area contributed by atoms with Gasteiger partial charge in [0, 0.05) is 35.0 Å². The molecule has 0 unspecified atom stereocenters. The van der Waals surface area contributed by atoms with Crippen LogP contribution in [0.3, 0.4) is 0 Å². The number of fused-ring (bicyclic) bond motifs is 1. The van der Waals surface area contributed by atoms with Gasteiger partial charge in [0.25, 0.3) is 5.91 Å². The highest BCUT2D eigenvalue weighted by Gasteiger charge is 2.33. The van der Waals surface area contributed by atoms with E-state index in [-0.39, 0.29) is 32.0 Å². The highest BCUT2D eigenvalue weighted by molar-refractivity contribution is 7.17. The zero-order valence-electron chi connectivity index (χ0n) is 24.3. The van der Waals surface area contributed by atoms with Gasteiger partial charge >= 0.3 is 0 Å². The first kappa shape index (κ1) is 31.6. The van der Waals surface area contributed by atoms with E-state index in [1.807, 2.05) is 30.3 Å². The third-order valence-corrected chi connectivity index (χ3v) is 8.22. The molecule has 12 heteroatoms. The summed E-state index contributed by atoms with van der Waals surface area (Å²) in [6, 6.07) is 13.0. The van der Waals surface area contributed by atoms with Crippen LogP contribution in [-0.2, 0) is 25.6 Å². The molecule has 11 nitrogen and oxygen atoms in total. The molecule has 0 saturated carbocycles. The second kappa shape index (κ2) is 14.3. The van der Waals surface area contributed by atoms with Gasteiger partial charge in [-0.2, -0.15) is 0 Å². The molecule has 5 amide bonds. The average molecular weight is 608 g/mol. The van der Waals surface area contributed by atoms with Crippen LogP contribution in [0.5, 0.6) is 0 Å². The Morgan fingerprint density at radius 2 is 1.60 bits per heavy atom. The number of benzene rings is 2. The van der Waals surface area contributed by atoms with E-state index in [2.05, 4.69) is 21.3 Å². The molecule has 0 radical (unpaired) electrons. The lowest BCUT2D eigenvalue weighted by molar-refractivity contribution is -0.135. The predicted octanol–water partition coefficient (Wildman–Crippen LogP) is 1.21. The Kier molecular flexibility index (Phi) is 10.5. The highest BCUT2D eigenvalue weighted by Crippen LogP contribution is 2.26. The summed E-state index contributed by atoms with van der Waals surface area (Å²) in [5, 5.41) is 23.6. The molecule has 1 fully saturated rings. The van der Waals surface area contributed by atoms with E-state index < -0.39 is 53.8 Å². The molecule has 0 bridgehead atoms. The Morgan fingerprint density at radius 1 is 0.907 bits per heavy atom. The maximum absolute atomic E-state index is 13.7. The fraction of sp³-hybridized carbons (Fsp3) is 0.387.